The van der Waals surface area contributed by atoms with Crippen LogP contribution in [-0.2, 0) is 4.79 Å². The molecule has 0 spiro atoms. The maximum absolute atomic E-state index is 11.6. The zero-order valence-electron chi connectivity index (χ0n) is 6.89. The summed E-state index contributed by atoms with van der Waals surface area (Å²) in [5.74, 6) is 0.273. The van der Waals surface area contributed by atoms with Crippen LogP contribution < -0.4 is 0 Å². The summed E-state index contributed by atoms with van der Waals surface area (Å²) in [6.45, 7) is 7.92. The molecule has 0 saturated carbocycles. The number of nitrogens with zero attached hydrogens (tertiary/aromatic N) is 1. The van der Waals surface area contributed by atoms with E-state index in [2.05, 4.69) is 18.4 Å². The van der Waals surface area contributed by atoms with Crippen LogP contribution in [0.4, 0.5) is 0 Å². The van der Waals surface area contributed by atoms with Crippen LogP contribution in [-0.4, -0.2) is 23.8 Å². The maximum Gasteiger partial charge on any atom is 0.184 e. The number of piperidine rings is 3. The van der Waals surface area contributed by atoms with Crippen molar-refractivity contribution in [3.8, 4) is 0 Å². The zero-order chi connectivity index (χ0) is 8.06. The summed E-state index contributed by atoms with van der Waals surface area (Å²) in [6, 6.07) is 0. The molecule has 3 aliphatic rings. The minimum atomic E-state index is -0.0637. The summed E-state index contributed by atoms with van der Waals surface area (Å²) >= 11 is 0. The Labute approximate surface area is 66.9 Å². The first-order chi connectivity index (χ1) is 5.13. The topological polar surface area (TPSA) is 20.3 Å². The fraction of sp³-hybridized carbons (Fsp3) is 0.667. The molecule has 60 valence electrons. The normalized spacial score (nSPS) is 27.9. The molecule has 3 saturated heterocycles. The van der Waals surface area contributed by atoms with E-state index < -0.39 is 0 Å². The van der Waals surface area contributed by atoms with E-state index in [1.54, 1.807) is 0 Å². The minimum Gasteiger partial charge on any atom is -0.369 e. The van der Waals surface area contributed by atoms with Gasteiger partial charge in [-0.3, -0.25) is 4.79 Å². The van der Waals surface area contributed by atoms with Crippen molar-refractivity contribution in [1.82, 2.24) is 4.90 Å². The monoisotopic (exact) mass is 151 g/mol. The molecular formula is C9H13NO. The van der Waals surface area contributed by atoms with Crippen LogP contribution in [0.5, 0.6) is 0 Å². The highest BCUT2D eigenvalue weighted by Crippen LogP contribution is 2.40. The van der Waals surface area contributed by atoms with Crippen molar-refractivity contribution in [1.29, 1.82) is 0 Å². The fourth-order valence-electron chi connectivity index (χ4n) is 1.99. The Bertz CT molecular complexity index is 224. The number of allylic oxidation sites excluding steroid dienone is 1. The van der Waals surface area contributed by atoms with Gasteiger partial charge in [-0.25, -0.2) is 0 Å². The summed E-state index contributed by atoms with van der Waals surface area (Å²) < 4.78 is 0. The Kier molecular flexibility index (Phi) is 1.17. The molecule has 11 heavy (non-hydrogen) atoms. The first-order valence-corrected chi connectivity index (χ1v) is 4.12. The number of carbonyl (C=O) groups is 1. The Morgan fingerprint density at radius 1 is 1.45 bits per heavy atom. The van der Waals surface area contributed by atoms with Gasteiger partial charge in [-0.1, -0.05) is 13.5 Å². The molecule has 2 bridgehead atoms. The second kappa shape index (κ2) is 1.87. The van der Waals surface area contributed by atoms with Gasteiger partial charge in [-0.15, -0.1) is 0 Å². The van der Waals surface area contributed by atoms with E-state index in [4.69, 9.17) is 0 Å². The van der Waals surface area contributed by atoms with E-state index in [0.717, 1.165) is 31.6 Å². The third kappa shape index (κ3) is 0.753. The number of hydrogen-bond donors (Lipinski definition) is 0. The van der Waals surface area contributed by atoms with Crippen LogP contribution >= 0.6 is 0 Å². The first kappa shape index (κ1) is 6.89. The number of hydrogen-bond acceptors (Lipinski definition) is 2. The number of rotatable bonds is 0. The van der Waals surface area contributed by atoms with E-state index in [9.17, 15) is 4.79 Å². The van der Waals surface area contributed by atoms with Crippen LogP contribution in [0.3, 0.4) is 0 Å². The van der Waals surface area contributed by atoms with E-state index in [-0.39, 0.29) is 11.2 Å². The molecule has 0 N–H and O–H groups in total. The lowest BCUT2D eigenvalue weighted by molar-refractivity contribution is -0.133. The first-order valence-electron chi connectivity index (χ1n) is 4.12. The van der Waals surface area contributed by atoms with Gasteiger partial charge in [0.1, 0.15) is 0 Å². The molecular weight excluding hydrogens is 138 g/mol. The number of Topliss-reactive ketones (excluding diaryl/α,β-unsaturated/α-hetero) is 1. The molecule has 3 aliphatic heterocycles. The summed E-state index contributed by atoms with van der Waals surface area (Å²) in [4.78, 5) is 13.7. The lowest BCUT2D eigenvalue weighted by atomic mass is 9.71. The van der Waals surface area contributed by atoms with Crippen LogP contribution in [0.2, 0.25) is 0 Å². The lowest BCUT2D eigenvalue weighted by Crippen LogP contribution is -2.51. The predicted molar refractivity (Wildman–Crippen MR) is 43.1 cm³/mol. The van der Waals surface area contributed by atoms with Gasteiger partial charge < -0.3 is 4.90 Å². The SMILES string of the molecule is C=C1C(=O)C2(C)CCN1CC2. The predicted octanol–water partition coefficient (Wildman–Crippen LogP) is 1.18. The summed E-state index contributed by atoms with van der Waals surface area (Å²) in [5.41, 5.74) is 0.677. The van der Waals surface area contributed by atoms with Crippen LogP contribution in [0.1, 0.15) is 19.8 Å². The molecule has 2 nitrogen and oxygen atoms in total. The van der Waals surface area contributed by atoms with Crippen molar-refractivity contribution >= 4 is 5.78 Å². The highest BCUT2D eigenvalue weighted by atomic mass is 16.1. The molecule has 0 atom stereocenters. The summed E-state index contributed by atoms with van der Waals surface area (Å²) in [7, 11) is 0. The third-order valence-electron chi connectivity index (χ3n) is 3.06. The van der Waals surface area contributed by atoms with Crippen molar-refractivity contribution in [2.45, 2.75) is 19.8 Å². The van der Waals surface area contributed by atoms with Gasteiger partial charge in [0.25, 0.3) is 0 Å². The van der Waals surface area contributed by atoms with Gasteiger partial charge in [0.2, 0.25) is 0 Å². The molecule has 3 heterocycles. The minimum absolute atomic E-state index is 0.0637. The fourth-order valence-corrected chi connectivity index (χ4v) is 1.99. The molecule has 0 aromatic rings. The van der Waals surface area contributed by atoms with Crippen molar-refractivity contribution in [3.05, 3.63) is 12.3 Å². The zero-order valence-corrected chi connectivity index (χ0v) is 6.89. The Morgan fingerprint density at radius 3 is 2.36 bits per heavy atom. The molecule has 3 fully saturated rings. The smallest absolute Gasteiger partial charge is 0.184 e. The molecule has 0 amide bonds. The van der Waals surface area contributed by atoms with Crippen molar-refractivity contribution in [3.63, 3.8) is 0 Å². The Morgan fingerprint density at radius 2 is 2.00 bits per heavy atom. The van der Waals surface area contributed by atoms with Crippen LogP contribution in [0.15, 0.2) is 12.3 Å². The molecule has 0 aliphatic carbocycles. The van der Waals surface area contributed by atoms with Crippen molar-refractivity contribution < 1.29 is 4.79 Å². The van der Waals surface area contributed by atoms with E-state index in [0.29, 0.717) is 0 Å². The average Bonchev–Trinajstić information content (AvgIpc) is 2.01. The molecule has 0 aromatic heterocycles. The maximum atomic E-state index is 11.6. The van der Waals surface area contributed by atoms with Gasteiger partial charge in [0, 0.05) is 18.5 Å². The standard InChI is InChI=1S/C9H13NO/c1-7-8(11)9(2)3-5-10(7)6-4-9/h1,3-6H2,2H3. The second-order valence-corrected chi connectivity index (χ2v) is 3.82. The Balaban J connectivity index is 2.37. The lowest BCUT2D eigenvalue weighted by Gasteiger charge is -2.47. The number of carbonyl (C=O) groups excluding carboxylic acids is 1. The quantitative estimate of drug-likeness (QED) is 0.485. The summed E-state index contributed by atoms with van der Waals surface area (Å²) in [5, 5.41) is 0. The van der Waals surface area contributed by atoms with Gasteiger partial charge in [0.05, 0.1) is 5.70 Å². The molecule has 0 aromatic carbocycles. The van der Waals surface area contributed by atoms with Gasteiger partial charge in [0.15, 0.2) is 5.78 Å². The van der Waals surface area contributed by atoms with E-state index >= 15 is 0 Å². The highest BCUT2D eigenvalue weighted by Gasteiger charge is 2.44. The molecule has 0 radical (unpaired) electrons. The van der Waals surface area contributed by atoms with Crippen molar-refractivity contribution in [2.24, 2.45) is 5.41 Å². The Hall–Kier alpha value is -0.790. The van der Waals surface area contributed by atoms with E-state index in [1.165, 1.54) is 0 Å². The average molecular weight is 151 g/mol. The van der Waals surface area contributed by atoms with Gasteiger partial charge in [-0.2, -0.15) is 0 Å². The molecule has 0 unspecified atom stereocenters. The van der Waals surface area contributed by atoms with Crippen LogP contribution in [0, 0.1) is 5.41 Å². The van der Waals surface area contributed by atoms with Gasteiger partial charge in [-0.05, 0) is 12.8 Å². The highest BCUT2D eigenvalue weighted by molar-refractivity contribution is 6.00. The largest absolute Gasteiger partial charge is 0.369 e. The van der Waals surface area contributed by atoms with Gasteiger partial charge >= 0.3 is 0 Å². The van der Waals surface area contributed by atoms with Crippen molar-refractivity contribution in [2.75, 3.05) is 13.1 Å². The summed E-state index contributed by atoms with van der Waals surface area (Å²) in [6.07, 6.45) is 2.04. The van der Waals surface area contributed by atoms with E-state index in [1.807, 2.05) is 0 Å². The van der Waals surface area contributed by atoms with Crippen LogP contribution in [0.25, 0.3) is 0 Å². The second-order valence-electron chi connectivity index (χ2n) is 3.82. The molecule has 3 rings (SSSR count). The number of ketones is 1. The third-order valence-corrected chi connectivity index (χ3v) is 3.06. The number of fused-ring (bicyclic) bond motifs is 3. The molecule has 2 heteroatoms.